The first-order chi connectivity index (χ1) is 7.79. The van der Waals surface area contributed by atoms with E-state index in [4.69, 9.17) is 0 Å². The molecule has 0 aromatic rings. The third-order valence-corrected chi connectivity index (χ3v) is 1.94. The van der Waals surface area contributed by atoms with E-state index in [1.807, 2.05) is 32.1 Å². The van der Waals surface area contributed by atoms with Crippen LogP contribution in [0.4, 0.5) is 0 Å². The average Bonchev–Trinajstić information content (AvgIpc) is 3.00. The first-order valence-electron chi connectivity index (χ1n) is 4.75. The summed E-state index contributed by atoms with van der Waals surface area (Å²) < 4.78 is 4.44. The molecule has 2 rings (SSSR count). The van der Waals surface area contributed by atoms with Gasteiger partial charge in [0.2, 0.25) is 0 Å². The van der Waals surface area contributed by atoms with Crippen molar-refractivity contribution in [2.75, 3.05) is 7.11 Å². The van der Waals surface area contributed by atoms with Crippen LogP contribution in [0.5, 0.6) is 0 Å². The SMILES string of the molecule is COC(=O)[C]1[CH][CH][CH][C]1C=O.[CH]1[CH][CH][CH][CH]1.[Fe+2]. The molecule has 0 atom stereocenters. The fourth-order valence-corrected chi connectivity index (χ4v) is 1.15. The number of aldehydes is 1. The van der Waals surface area contributed by atoms with Gasteiger partial charge >= 0.3 is 23.0 Å². The molecule has 2 fully saturated rings. The molecule has 0 aromatic heterocycles. The molecule has 2 aliphatic rings. The fourth-order valence-electron chi connectivity index (χ4n) is 1.15. The summed E-state index contributed by atoms with van der Waals surface area (Å²) >= 11 is 0. The first-order valence-corrected chi connectivity index (χ1v) is 4.75. The Morgan fingerprint density at radius 3 is 2.00 bits per heavy atom. The molecule has 0 aromatic carbocycles. The number of carbonyl (C=O) groups is 2. The van der Waals surface area contributed by atoms with Gasteiger partial charge in [-0.3, -0.25) is 4.79 Å². The van der Waals surface area contributed by atoms with Gasteiger partial charge in [0, 0.05) is 0 Å². The van der Waals surface area contributed by atoms with Gasteiger partial charge in [-0.1, -0.05) is 0 Å². The van der Waals surface area contributed by atoms with E-state index < -0.39 is 5.97 Å². The van der Waals surface area contributed by atoms with Crippen molar-refractivity contribution in [3.8, 4) is 0 Å². The molecule has 0 bridgehead atoms. The van der Waals surface area contributed by atoms with E-state index >= 15 is 0 Å². The van der Waals surface area contributed by atoms with Gasteiger partial charge in [0.1, 0.15) is 12.2 Å². The van der Waals surface area contributed by atoms with Crippen molar-refractivity contribution in [1.29, 1.82) is 0 Å². The second-order valence-electron chi connectivity index (χ2n) is 2.97. The minimum atomic E-state index is -0.475. The number of methoxy groups -OCH3 is 1. The largest absolute Gasteiger partial charge is 2.00 e. The van der Waals surface area contributed by atoms with Crippen molar-refractivity contribution in [2.24, 2.45) is 0 Å². The second kappa shape index (κ2) is 9.67. The number of hydrogen-bond acceptors (Lipinski definition) is 3. The maximum Gasteiger partial charge on any atom is 2.00 e. The minimum Gasteiger partial charge on any atom is -0.469 e. The molecular formula is C13H12FeO3+2. The van der Waals surface area contributed by atoms with Gasteiger partial charge in [0.05, 0.1) is 13.0 Å². The summed E-state index contributed by atoms with van der Waals surface area (Å²) in [6.45, 7) is 0. The van der Waals surface area contributed by atoms with Crippen LogP contribution in [0.3, 0.4) is 0 Å². The van der Waals surface area contributed by atoms with E-state index in [0.717, 1.165) is 0 Å². The summed E-state index contributed by atoms with van der Waals surface area (Å²) in [4.78, 5) is 21.2. The van der Waals surface area contributed by atoms with E-state index in [1.165, 1.54) is 7.11 Å². The predicted octanol–water partition coefficient (Wildman–Crippen LogP) is 1.15. The summed E-state index contributed by atoms with van der Waals surface area (Å²) in [6.07, 6.45) is 15.4. The maximum atomic E-state index is 10.9. The van der Waals surface area contributed by atoms with Crippen molar-refractivity contribution in [3.63, 3.8) is 0 Å². The van der Waals surface area contributed by atoms with Crippen LogP contribution in [-0.2, 0) is 31.4 Å². The summed E-state index contributed by atoms with van der Waals surface area (Å²) in [7, 11) is 1.28. The Hall–Kier alpha value is -0.341. The summed E-state index contributed by atoms with van der Waals surface area (Å²) in [6, 6.07) is 0. The van der Waals surface area contributed by atoms with Gasteiger partial charge in [-0.15, -0.1) is 0 Å². The second-order valence-corrected chi connectivity index (χ2v) is 2.97. The van der Waals surface area contributed by atoms with E-state index in [9.17, 15) is 9.59 Å². The molecule has 0 aliphatic heterocycles. The van der Waals surface area contributed by atoms with Crippen molar-refractivity contribution < 1.29 is 31.4 Å². The van der Waals surface area contributed by atoms with Crippen molar-refractivity contribution in [2.45, 2.75) is 0 Å². The minimum absolute atomic E-state index is 0. The van der Waals surface area contributed by atoms with E-state index in [1.54, 1.807) is 19.3 Å². The normalized spacial score (nSPS) is 20.1. The van der Waals surface area contributed by atoms with Gasteiger partial charge < -0.3 is 9.53 Å². The van der Waals surface area contributed by atoms with E-state index in [0.29, 0.717) is 18.1 Å². The summed E-state index contributed by atoms with van der Waals surface area (Å²) in [5.41, 5.74) is 0. The Kier molecular flexibility index (Phi) is 9.47. The van der Waals surface area contributed by atoms with Crippen LogP contribution in [0, 0.1) is 63.2 Å². The van der Waals surface area contributed by atoms with Crippen LogP contribution < -0.4 is 0 Å². The number of ether oxygens (including phenoxy) is 1. The predicted molar refractivity (Wildman–Crippen MR) is 59.0 cm³/mol. The number of rotatable bonds is 2. The van der Waals surface area contributed by atoms with Crippen molar-refractivity contribution in [3.05, 3.63) is 63.2 Å². The Labute approximate surface area is 114 Å². The molecule has 2 aliphatic carbocycles. The van der Waals surface area contributed by atoms with Gasteiger partial charge in [-0.25, -0.2) is 0 Å². The number of esters is 1. The molecule has 0 amide bonds. The third kappa shape index (κ3) is 5.69. The number of carbonyl (C=O) groups excluding carboxylic acids is 2. The summed E-state index contributed by atoms with van der Waals surface area (Å²) in [5.74, 6) is 0.219. The van der Waals surface area contributed by atoms with Crippen LogP contribution >= 0.6 is 0 Å². The van der Waals surface area contributed by atoms with E-state index in [-0.39, 0.29) is 17.1 Å². The maximum absolute atomic E-state index is 10.9. The van der Waals surface area contributed by atoms with Gasteiger partial charge in [0.15, 0.2) is 0 Å². The molecule has 0 saturated heterocycles. The van der Waals surface area contributed by atoms with Gasteiger partial charge in [-0.2, -0.15) is 0 Å². The molecule has 17 heavy (non-hydrogen) atoms. The Morgan fingerprint density at radius 1 is 1.06 bits per heavy atom. The van der Waals surface area contributed by atoms with Crippen LogP contribution in [0.2, 0.25) is 0 Å². The quantitative estimate of drug-likeness (QED) is 0.430. The molecule has 2 saturated carbocycles. The molecular weight excluding hydrogens is 260 g/mol. The number of hydrogen-bond donors (Lipinski definition) is 0. The average molecular weight is 272 g/mol. The molecule has 4 heteroatoms. The standard InChI is InChI=1S/C8H7O3.C5H5.Fe/c1-11-8(10)7-4-2-3-6(7)5-9;1-2-4-5-3-1;/h2-5H,1H3;1-5H;/q;;+2. The molecule has 88 valence electrons. The zero-order valence-electron chi connectivity index (χ0n) is 9.27. The van der Waals surface area contributed by atoms with Crippen molar-refractivity contribution in [1.82, 2.24) is 0 Å². The van der Waals surface area contributed by atoms with Gasteiger partial charge in [0.25, 0.3) is 0 Å². The fraction of sp³-hybridized carbons (Fsp3) is 0.0769. The van der Waals surface area contributed by atoms with Crippen LogP contribution in [-0.4, -0.2) is 19.4 Å². The van der Waals surface area contributed by atoms with Crippen LogP contribution in [0.25, 0.3) is 0 Å². The molecule has 3 nitrogen and oxygen atoms in total. The molecule has 0 unspecified atom stereocenters. The van der Waals surface area contributed by atoms with Crippen LogP contribution in [0.15, 0.2) is 0 Å². The first kappa shape index (κ1) is 16.7. The molecule has 0 spiro atoms. The monoisotopic (exact) mass is 272 g/mol. The zero-order chi connectivity index (χ0) is 11.8. The Bertz CT molecular complexity index is 219. The molecule has 0 N–H and O–H groups in total. The molecule has 0 heterocycles. The third-order valence-electron chi connectivity index (χ3n) is 1.94. The zero-order valence-corrected chi connectivity index (χ0v) is 10.4. The van der Waals surface area contributed by atoms with E-state index in [2.05, 4.69) is 4.74 Å². The Balaban J connectivity index is 0.000000360. The molecule has 10 radical (unpaired) electrons. The van der Waals surface area contributed by atoms with Crippen LogP contribution in [0.1, 0.15) is 0 Å². The smallest absolute Gasteiger partial charge is 0.469 e. The topological polar surface area (TPSA) is 43.4 Å². The summed E-state index contributed by atoms with van der Waals surface area (Å²) in [5, 5.41) is 0. The van der Waals surface area contributed by atoms with Gasteiger partial charge in [-0.05, 0) is 51.4 Å². The Morgan fingerprint density at radius 2 is 1.59 bits per heavy atom. The van der Waals surface area contributed by atoms with Crippen molar-refractivity contribution >= 4 is 12.3 Å².